The molecule has 58 valence electrons. The molecule has 0 fully saturated rings. The van der Waals surface area contributed by atoms with Crippen molar-refractivity contribution in [3.05, 3.63) is 0 Å². The molecular weight excluding hydrogens is 224 g/mol. The van der Waals surface area contributed by atoms with Crippen molar-refractivity contribution in [1.29, 1.82) is 0 Å². The van der Waals surface area contributed by atoms with Crippen LogP contribution >= 0.6 is 0 Å². The van der Waals surface area contributed by atoms with Crippen LogP contribution < -0.4 is 58.2 Å². The third-order valence-corrected chi connectivity index (χ3v) is 1.85. The molecule has 0 amide bonds. The molecule has 0 aromatic heterocycles. The fourth-order valence-electron chi connectivity index (χ4n) is 0.434. The van der Waals surface area contributed by atoms with E-state index in [1.165, 1.54) is 4.31 Å². The van der Waals surface area contributed by atoms with Crippen LogP contribution in [-0.4, -0.2) is 17.4 Å². The van der Waals surface area contributed by atoms with Crippen LogP contribution in [0.5, 0.6) is 0 Å². The van der Waals surface area contributed by atoms with E-state index in [4.69, 9.17) is 0 Å². The molecule has 3 nitrogen and oxygen atoms in total. The summed E-state index contributed by atoms with van der Waals surface area (Å²) in [6, 6.07) is 0. The Bertz CT molecular complexity index is 115. The molecule has 10 heavy (non-hydrogen) atoms. The molecule has 0 unspecified atom stereocenters. The average Bonchev–Trinajstić information content (AvgIpc) is 1.69. The van der Waals surface area contributed by atoms with Crippen LogP contribution in [0.25, 0.3) is 0 Å². The zero-order valence-corrected chi connectivity index (χ0v) is 11.8. The molecule has 0 bridgehead atoms. The molecule has 5 heteroatoms. The van der Waals surface area contributed by atoms with Crippen molar-refractivity contribution >= 4 is 10.9 Å². The van der Waals surface area contributed by atoms with E-state index in [0.29, 0.717) is 13.1 Å². The van der Waals surface area contributed by atoms with Gasteiger partial charge in [0.25, 0.3) is 0 Å². The molecule has 0 aliphatic heterocycles. The second-order valence-corrected chi connectivity index (χ2v) is 2.28. The van der Waals surface area contributed by atoms with E-state index < -0.39 is 10.9 Å². The van der Waals surface area contributed by atoms with Gasteiger partial charge in [0.1, 0.15) is 0 Å². The molecular formula is C5H14NO2RbS. The van der Waals surface area contributed by atoms with Gasteiger partial charge < -0.3 is 12.7 Å². The van der Waals surface area contributed by atoms with Gasteiger partial charge in [0.15, 0.2) is 0 Å². The monoisotopic (exact) mass is 237 g/mol. The van der Waals surface area contributed by atoms with Gasteiger partial charge in [-0.25, -0.2) is 0 Å². The Morgan fingerprint density at radius 2 is 1.50 bits per heavy atom. The van der Waals surface area contributed by atoms with Crippen molar-refractivity contribution in [1.82, 2.24) is 4.31 Å². The van der Waals surface area contributed by atoms with Crippen LogP contribution in [0.4, 0.5) is 0 Å². The van der Waals surface area contributed by atoms with E-state index in [0.717, 1.165) is 0 Å². The minimum absolute atomic E-state index is 0. The van der Waals surface area contributed by atoms with E-state index in [1.807, 2.05) is 0 Å². The quantitative estimate of drug-likeness (QED) is 0.543. The Labute approximate surface area is 114 Å². The molecule has 0 rings (SSSR count). The molecule has 0 saturated heterocycles. The maximum absolute atomic E-state index is 10.1. The van der Waals surface area contributed by atoms with Crippen molar-refractivity contribution in [2.24, 2.45) is 0 Å². The first-order valence-electron chi connectivity index (χ1n) is 2.56. The van der Waals surface area contributed by atoms with Crippen LogP contribution in [0.3, 0.4) is 0 Å². The Hall–Kier alpha value is 1.72. The summed E-state index contributed by atoms with van der Waals surface area (Å²) in [5.41, 5.74) is 0. The topological polar surface area (TPSA) is 37.4 Å². The fourth-order valence-corrected chi connectivity index (χ4v) is 0.856. The zero-order valence-electron chi connectivity index (χ0n) is 6.09. The molecule has 0 aromatic rings. The third kappa shape index (κ3) is 7.82. The van der Waals surface area contributed by atoms with Crippen molar-refractivity contribution < 1.29 is 66.6 Å². The van der Waals surface area contributed by atoms with Gasteiger partial charge in [-0.15, -0.1) is 0 Å². The van der Waals surface area contributed by atoms with E-state index in [-0.39, 0.29) is 65.6 Å². The van der Waals surface area contributed by atoms with Crippen molar-refractivity contribution in [3.8, 4) is 0 Å². The molecule has 0 saturated carbocycles. The van der Waals surface area contributed by atoms with E-state index in [9.17, 15) is 8.42 Å². The Morgan fingerprint density at radius 3 is 1.50 bits per heavy atom. The van der Waals surface area contributed by atoms with Gasteiger partial charge >= 0.3 is 58.2 Å². The van der Waals surface area contributed by atoms with E-state index in [2.05, 4.69) is 0 Å². The molecule has 0 aliphatic rings. The Kier molecular flexibility index (Phi) is 19.0. The zero-order chi connectivity index (χ0) is 6.57. The van der Waals surface area contributed by atoms with Crippen LogP contribution in [0, 0.1) is 0 Å². The number of hydrogen-bond donors (Lipinski definition) is 0. The smallest absolute Gasteiger partial charge is 0.409 e. The summed E-state index contributed by atoms with van der Waals surface area (Å²) in [7, 11) is -2.02. The predicted molar refractivity (Wildman–Crippen MR) is 38.4 cm³/mol. The molecule has 0 atom stereocenters. The maximum atomic E-state index is 10.1. The van der Waals surface area contributed by atoms with Crippen LogP contribution in [0.2, 0.25) is 0 Å². The number of hydrogen-bond acceptors (Lipinski definition) is 3. The van der Waals surface area contributed by atoms with Crippen LogP contribution in [0.15, 0.2) is 0 Å². The Morgan fingerprint density at radius 1 is 1.20 bits per heavy atom. The fraction of sp³-hybridized carbons (Fsp3) is 1.00. The van der Waals surface area contributed by atoms with Crippen LogP contribution in [-0.2, 0) is 19.3 Å². The summed E-state index contributed by atoms with van der Waals surface area (Å²) in [5, 5.41) is 0. The van der Waals surface area contributed by atoms with Crippen LogP contribution in [0.1, 0.15) is 21.3 Å². The Balaban J connectivity index is -0.000000245. The summed E-state index contributed by atoms with van der Waals surface area (Å²) in [6.07, 6.45) is 0. The molecule has 0 radical (unpaired) electrons. The van der Waals surface area contributed by atoms with Crippen molar-refractivity contribution in [2.75, 3.05) is 13.1 Å². The first kappa shape index (κ1) is 17.7. The minimum atomic E-state index is -2.02. The van der Waals surface area contributed by atoms with Gasteiger partial charge in [-0.1, -0.05) is 21.3 Å². The predicted octanol–water partition coefficient (Wildman–Crippen LogP) is -1.81. The largest absolute Gasteiger partial charge is 1.00 e. The second kappa shape index (κ2) is 10.7. The first-order valence-corrected chi connectivity index (χ1v) is 3.59. The van der Waals surface area contributed by atoms with Gasteiger partial charge in [0.05, 0.1) is 0 Å². The molecule has 0 aliphatic carbocycles. The maximum Gasteiger partial charge on any atom is 1.00 e. The van der Waals surface area contributed by atoms with E-state index in [1.54, 1.807) is 13.8 Å². The van der Waals surface area contributed by atoms with Gasteiger partial charge in [0.2, 0.25) is 0 Å². The summed E-state index contributed by atoms with van der Waals surface area (Å²) in [6.45, 7) is 4.73. The molecule has 0 spiro atoms. The van der Waals surface area contributed by atoms with Crippen molar-refractivity contribution in [3.63, 3.8) is 0 Å². The van der Waals surface area contributed by atoms with E-state index >= 15 is 0 Å². The minimum Gasteiger partial charge on any atom is -0.409 e. The SMILES string of the molecule is C.CCN(CC)[S-](=O)=O.[Rb+]. The molecule has 0 N–H and O–H groups in total. The third-order valence-electron chi connectivity index (χ3n) is 0.916. The number of rotatable bonds is 3. The first-order chi connectivity index (χ1) is 3.72. The summed E-state index contributed by atoms with van der Waals surface area (Å²) in [4.78, 5) is 0. The summed E-state index contributed by atoms with van der Waals surface area (Å²) >= 11 is 0. The number of nitrogens with zero attached hydrogens (tertiary/aromatic N) is 1. The van der Waals surface area contributed by atoms with Gasteiger partial charge in [-0.3, -0.25) is 0 Å². The van der Waals surface area contributed by atoms with Crippen molar-refractivity contribution in [2.45, 2.75) is 21.3 Å². The normalized spacial score (nSPS) is 8.80. The summed E-state index contributed by atoms with van der Waals surface area (Å²) in [5.74, 6) is 0. The average molecular weight is 238 g/mol. The summed E-state index contributed by atoms with van der Waals surface area (Å²) < 4.78 is 21.5. The standard InChI is InChI=1S/C4H10NO2S.CH4.Rb/c1-3-5(4-2)8(6)7;;/h3-4H2,1-2H3;1H4;/q-1;;+1. The van der Waals surface area contributed by atoms with Gasteiger partial charge in [-0.2, -0.15) is 0 Å². The van der Waals surface area contributed by atoms with Gasteiger partial charge in [-0.05, 0) is 24.0 Å². The van der Waals surface area contributed by atoms with Gasteiger partial charge in [0, 0.05) is 0 Å². The molecule has 0 heterocycles. The molecule has 0 aromatic carbocycles. The second-order valence-electron chi connectivity index (χ2n) is 1.33.